The summed E-state index contributed by atoms with van der Waals surface area (Å²) in [5.74, 6) is 0.681. The second kappa shape index (κ2) is 5.53. The van der Waals surface area contributed by atoms with E-state index in [9.17, 15) is 9.90 Å². The summed E-state index contributed by atoms with van der Waals surface area (Å²) in [6.45, 7) is 9.46. The third kappa shape index (κ3) is 3.44. The summed E-state index contributed by atoms with van der Waals surface area (Å²) in [5, 5.41) is 14.1. The molecule has 0 aromatic carbocycles. The van der Waals surface area contributed by atoms with Gasteiger partial charge in [-0.3, -0.25) is 0 Å². The van der Waals surface area contributed by atoms with Crippen molar-refractivity contribution in [2.45, 2.75) is 64.2 Å². The van der Waals surface area contributed by atoms with Crippen molar-refractivity contribution in [1.82, 2.24) is 10.2 Å². The molecule has 1 amide bonds. The molecule has 0 aromatic heterocycles. The molecule has 20 heavy (non-hydrogen) atoms. The molecule has 2 rings (SSSR count). The lowest BCUT2D eigenvalue weighted by Crippen LogP contribution is -2.72. The normalized spacial score (nSPS) is 29.8. The van der Waals surface area contributed by atoms with Crippen molar-refractivity contribution < 1.29 is 14.6 Å². The number of hydrogen-bond donors (Lipinski definition) is 2. The Kier molecular flexibility index (Phi) is 4.30. The number of aliphatic hydroxyl groups is 1. The Morgan fingerprint density at radius 1 is 1.45 bits per heavy atom. The lowest BCUT2D eigenvalue weighted by Gasteiger charge is -2.52. The van der Waals surface area contributed by atoms with E-state index < -0.39 is 11.2 Å². The molecule has 0 aliphatic carbocycles. The van der Waals surface area contributed by atoms with E-state index in [-0.39, 0.29) is 12.1 Å². The van der Waals surface area contributed by atoms with Crippen LogP contribution in [0.15, 0.2) is 0 Å². The minimum absolute atomic E-state index is 0.0971. The van der Waals surface area contributed by atoms with Crippen LogP contribution in [0.1, 0.15) is 47.0 Å². The number of piperidine rings is 1. The molecule has 2 aliphatic rings. The van der Waals surface area contributed by atoms with Crippen LogP contribution < -0.4 is 5.32 Å². The van der Waals surface area contributed by atoms with Crippen molar-refractivity contribution in [2.75, 3.05) is 19.6 Å². The minimum atomic E-state index is -0.787. The van der Waals surface area contributed by atoms with Crippen LogP contribution in [0.3, 0.4) is 0 Å². The Morgan fingerprint density at radius 2 is 2.10 bits per heavy atom. The summed E-state index contributed by atoms with van der Waals surface area (Å²) in [4.78, 5) is 13.5. The highest BCUT2D eigenvalue weighted by atomic mass is 16.6. The number of hydrogen-bond acceptors (Lipinski definition) is 4. The van der Waals surface area contributed by atoms with Crippen molar-refractivity contribution >= 4 is 6.09 Å². The summed E-state index contributed by atoms with van der Waals surface area (Å²) in [6, 6.07) is 0.0971. The third-order valence-electron chi connectivity index (χ3n) is 4.32. The predicted molar refractivity (Wildman–Crippen MR) is 77.6 cm³/mol. The first-order valence-corrected chi connectivity index (χ1v) is 7.67. The van der Waals surface area contributed by atoms with Gasteiger partial charge >= 0.3 is 6.09 Å². The van der Waals surface area contributed by atoms with Crippen molar-refractivity contribution in [3.63, 3.8) is 0 Å². The summed E-state index contributed by atoms with van der Waals surface area (Å²) in [5.41, 5.74) is -1.27. The van der Waals surface area contributed by atoms with Gasteiger partial charge in [0.1, 0.15) is 11.2 Å². The number of ether oxygens (including phenoxy) is 1. The maximum absolute atomic E-state index is 11.9. The molecule has 0 spiro atoms. The molecule has 2 heterocycles. The van der Waals surface area contributed by atoms with Crippen LogP contribution in [0, 0.1) is 5.92 Å². The van der Waals surface area contributed by atoms with Gasteiger partial charge in [-0.2, -0.15) is 0 Å². The van der Waals surface area contributed by atoms with Crippen molar-refractivity contribution in [2.24, 2.45) is 5.92 Å². The summed E-state index contributed by atoms with van der Waals surface area (Å²) in [7, 11) is 0. The van der Waals surface area contributed by atoms with E-state index >= 15 is 0 Å². The van der Waals surface area contributed by atoms with Crippen molar-refractivity contribution in [3.8, 4) is 0 Å². The highest BCUT2D eigenvalue weighted by molar-refractivity contribution is 5.69. The minimum Gasteiger partial charge on any atom is -0.444 e. The summed E-state index contributed by atoms with van der Waals surface area (Å²) < 4.78 is 5.32. The standard InChI is InChI=1S/C15H28N2O3/c1-5-11-6-7-16-12(8-11)15(19)9-17(10-15)13(18)20-14(2,3)4/h11-12,16,19H,5-10H2,1-4H3. The average Bonchev–Trinajstić information content (AvgIpc) is 2.33. The van der Waals surface area contributed by atoms with E-state index in [1.807, 2.05) is 20.8 Å². The molecule has 5 heteroatoms. The maximum Gasteiger partial charge on any atom is 0.410 e. The number of likely N-dealkylation sites (tertiary alicyclic amines) is 1. The number of rotatable bonds is 2. The molecular formula is C15H28N2O3. The van der Waals surface area contributed by atoms with Gasteiger partial charge in [0.05, 0.1) is 13.1 Å². The Labute approximate surface area is 121 Å². The third-order valence-corrected chi connectivity index (χ3v) is 4.32. The van der Waals surface area contributed by atoms with Crippen molar-refractivity contribution in [3.05, 3.63) is 0 Å². The largest absolute Gasteiger partial charge is 0.444 e. The average molecular weight is 284 g/mol. The smallest absolute Gasteiger partial charge is 0.410 e. The first kappa shape index (κ1) is 15.6. The quantitative estimate of drug-likeness (QED) is 0.811. The van der Waals surface area contributed by atoms with Gasteiger partial charge in [-0.15, -0.1) is 0 Å². The molecule has 2 fully saturated rings. The SMILES string of the molecule is CCC1CCNC(C2(O)CN(C(=O)OC(C)(C)C)C2)C1. The van der Waals surface area contributed by atoms with Crippen LogP contribution >= 0.6 is 0 Å². The number of carbonyl (C=O) groups is 1. The van der Waals surface area contributed by atoms with E-state index in [2.05, 4.69) is 12.2 Å². The fraction of sp³-hybridized carbons (Fsp3) is 0.933. The summed E-state index contributed by atoms with van der Waals surface area (Å²) >= 11 is 0. The zero-order valence-electron chi connectivity index (χ0n) is 13.1. The molecule has 0 saturated carbocycles. The van der Waals surface area contributed by atoms with Gasteiger partial charge in [0.15, 0.2) is 0 Å². The zero-order chi connectivity index (χ0) is 15.0. The first-order chi connectivity index (χ1) is 9.23. The molecule has 2 unspecified atom stereocenters. The van der Waals surface area contributed by atoms with Gasteiger partial charge in [0.25, 0.3) is 0 Å². The molecule has 2 aliphatic heterocycles. The van der Waals surface area contributed by atoms with Crippen LogP contribution in [0.25, 0.3) is 0 Å². The van der Waals surface area contributed by atoms with Crippen molar-refractivity contribution in [1.29, 1.82) is 0 Å². The molecule has 0 radical (unpaired) electrons. The van der Waals surface area contributed by atoms with E-state index in [0.29, 0.717) is 19.0 Å². The van der Waals surface area contributed by atoms with Gasteiger partial charge in [0.2, 0.25) is 0 Å². The topological polar surface area (TPSA) is 61.8 Å². The molecule has 2 N–H and O–H groups in total. The monoisotopic (exact) mass is 284 g/mol. The predicted octanol–water partition coefficient (Wildman–Crippen LogP) is 1.75. The van der Waals surface area contributed by atoms with Crippen LogP contribution in [0.4, 0.5) is 4.79 Å². The highest BCUT2D eigenvalue weighted by Gasteiger charge is 2.51. The molecule has 116 valence electrons. The van der Waals surface area contributed by atoms with Crippen LogP contribution in [-0.4, -0.2) is 53.0 Å². The summed E-state index contributed by atoms with van der Waals surface area (Å²) in [6.07, 6.45) is 3.00. The van der Waals surface area contributed by atoms with Gasteiger partial charge < -0.3 is 20.1 Å². The van der Waals surface area contributed by atoms with Gasteiger partial charge in [-0.1, -0.05) is 13.3 Å². The Bertz CT molecular complexity index is 359. The number of nitrogens with zero attached hydrogens (tertiary/aromatic N) is 1. The van der Waals surface area contributed by atoms with Gasteiger partial charge in [-0.25, -0.2) is 4.79 Å². The van der Waals surface area contributed by atoms with Crippen LogP contribution in [-0.2, 0) is 4.74 Å². The number of nitrogens with one attached hydrogen (secondary N) is 1. The zero-order valence-corrected chi connectivity index (χ0v) is 13.1. The fourth-order valence-electron chi connectivity index (χ4n) is 3.07. The molecule has 5 nitrogen and oxygen atoms in total. The van der Waals surface area contributed by atoms with Gasteiger partial charge in [0, 0.05) is 6.04 Å². The van der Waals surface area contributed by atoms with E-state index in [1.165, 1.54) is 6.42 Å². The molecular weight excluding hydrogens is 256 g/mol. The Balaban J connectivity index is 1.85. The molecule has 0 bridgehead atoms. The van der Waals surface area contributed by atoms with Crippen LogP contribution in [0.2, 0.25) is 0 Å². The maximum atomic E-state index is 11.9. The molecule has 2 atom stereocenters. The Morgan fingerprint density at radius 3 is 2.65 bits per heavy atom. The number of β-amino-alcohol motifs (C(OH)–C–C–N with tert-alkyl or cyclic N) is 1. The van der Waals surface area contributed by atoms with Crippen LogP contribution in [0.5, 0.6) is 0 Å². The van der Waals surface area contributed by atoms with E-state index in [0.717, 1.165) is 19.4 Å². The number of amides is 1. The van der Waals surface area contributed by atoms with Gasteiger partial charge in [-0.05, 0) is 46.1 Å². The second-order valence-electron chi connectivity index (χ2n) is 7.25. The van der Waals surface area contributed by atoms with E-state index in [1.54, 1.807) is 4.90 Å². The first-order valence-electron chi connectivity index (χ1n) is 7.67. The highest BCUT2D eigenvalue weighted by Crippen LogP contribution is 2.32. The lowest BCUT2D eigenvalue weighted by molar-refractivity contribution is -0.125. The Hall–Kier alpha value is -0.810. The molecule has 2 saturated heterocycles. The lowest BCUT2D eigenvalue weighted by atomic mass is 9.78. The number of carbonyl (C=O) groups excluding carboxylic acids is 1. The van der Waals surface area contributed by atoms with E-state index in [4.69, 9.17) is 4.74 Å². The molecule has 0 aromatic rings. The fourth-order valence-corrected chi connectivity index (χ4v) is 3.07. The second-order valence-corrected chi connectivity index (χ2v) is 7.25.